The van der Waals surface area contributed by atoms with Gasteiger partial charge in [0, 0.05) is 24.8 Å². The second-order valence-corrected chi connectivity index (χ2v) is 9.19. The summed E-state index contributed by atoms with van der Waals surface area (Å²) in [6.07, 6.45) is 2.30. The van der Waals surface area contributed by atoms with Crippen molar-refractivity contribution in [2.24, 2.45) is 0 Å². The summed E-state index contributed by atoms with van der Waals surface area (Å²) in [6.45, 7) is 3.22. The lowest BCUT2D eigenvalue weighted by atomic mass is 10.1. The molecule has 1 fully saturated rings. The SMILES string of the molecule is CCc1nn(-c2ccccc2)c(Oc2ccc(F)cc2F)c1CN(C[C@H]1CCCO1)C(=O)c1ccccc1. The Kier molecular flexibility index (Phi) is 7.79. The Balaban J connectivity index is 1.59. The largest absolute Gasteiger partial charge is 0.435 e. The maximum absolute atomic E-state index is 14.7. The van der Waals surface area contributed by atoms with Crippen LogP contribution in [0.3, 0.4) is 0 Å². The fraction of sp³-hybridized carbons (Fsp3) is 0.267. The van der Waals surface area contributed by atoms with Gasteiger partial charge in [0.25, 0.3) is 5.91 Å². The van der Waals surface area contributed by atoms with Gasteiger partial charge in [-0.25, -0.2) is 13.5 Å². The number of halogens is 2. The van der Waals surface area contributed by atoms with Crippen LogP contribution >= 0.6 is 0 Å². The van der Waals surface area contributed by atoms with Crippen molar-refractivity contribution < 1.29 is 23.0 Å². The molecule has 0 saturated carbocycles. The number of carbonyl (C=O) groups is 1. The summed E-state index contributed by atoms with van der Waals surface area (Å²) in [7, 11) is 0. The van der Waals surface area contributed by atoms with Gasteiger partial charge in [-0.1, -0.05) is 43.3 Å². The number of ether oxygens (including phenoxy) is 2. The summed E-state index contributed by atoms with van der Waals surface area (Å²) in [5, 5.41) is 4.79. The van der Waals surface area contributed by atoms with E-state index in [-0.39, 0.29) is 30.2 Å². The van der Waals surface area contributed by atoms with Crippen LogP contribution < -0.4 is 4.74 Å². The lowest BCUT2D eigenvalue weighted by Gasteiger charge is -2.26. The molecule has 196 valence electrons. The highest BCUT2D eigenvalue weighted by molar-refractivity contribution is 5.94. The van der Waals surface area contributed by atoms with E-state index in [4.69, 9.17) is 14.6 Å². The average molecular weight is 518 g/mol. The Hall–Kier alpha value is -4.04. The normalized spacial score (nSPS) is 15.0. The van der Waals surface area contributed by atoms with E-state index in [1.807, 2.05) is 55.5 Å². The van der Waals surface area contributed by atoms with E-state index >= 15 is 0 Å². The maximum Gasteiger partial charge on any atom is 0.254 e. The first-order valence-corrected chi connectivity index (χ1v) is 12.8. The number of amides is 1. The van der Waals surface area contributed by atoms with Crippen LogP contribution in [0, 0.1) is 11.6 Å². The van der Waals surface area contributed by atoms with E-state index < -0.39 is 11.6 Å². The van der Waals surface area contributed by atoms with Crippen molar-refractivity contribution in [3.63, 3.8) is 0 Å². The first-order valence-electron chi connectivity index (χ1n) is 12.8. The van der Waals surface area contributed by atoms with Gasteiger partial charge < -0.3 is 14.4 Å². The highest BCUT2D eigenvalue weighted by Gasteiger charge is 2.28. The summed E-state index contributed by atoms with van der Waals surface area (Å²) in [6, 6.07) is 21.6. The number of hydrogen-bond acceptors (Lipinski definition) is 4. The topological polar surface area (TPSA) is 56.6 Å². The number of benzene rings is 3. The van der Waals surface area contributed by atoms with Crippen LogP contribution in [0.15, 0.2) is 78.9 Å². The number of hydrogen-bond donors (Lipinski definition) is 0. The number of aryl methyl sites for hydroxylation is 1. The minimum absolute atomic E-state index is 0.0733. The van der Waals surface area contributed by atoms with Gasteiger partial charge in [-0.15, -0.1) is 0 Å². The molecular formula is C30H29F2N3O3. The fourth-order valence-electron chi connectivity index (χ4n) is 4.64. The van der Waals surface area contributed by atoms with E-state index in [1.165, 1.54) is 6.07 Å². The predicted molar refractivity (Wildman–Crippen MR) is 140 cm³/mol. The van der Waals surface area contributed by atoms with Crippen molar-refractivity contribution in [3.8, 4) is 17.3 Å². The number of para-hydroxylation sites is 1. The lowest BCUT2D eigenvalue weighted by molar-refractivity contribution is 0.0505. The monoisotopic (exact) mass is 517 g/mol. The summed E-state index contributed by atoms with van der Waals surface area (Å²) < 4.78 is 41.9. The molecule has 0 N–H and O–H groups in total. The molecule has 38 heavy (non-hydrogen) atoms. The molecule has 8 heteroatoms. The molecule has 0 spiro atoms. The first kappa shape index (κ1) is 25.6. The molecule has 1 saturated heterocycles. The van der Waals surface area contributed by atoms with Crippen LogP contribution in [0.4, 0.5) is 8.78 Å². The lowest BCUT2D eigenvalue weighted by Crippen LogP contribution is -2.37. The van der Waals surface area contributed by atoms with Gasteiger partial charge in [0.1, 0.15) is 5.82 Å². The molecule has 0 aliphatic carbocycles. The number of rotatable bonds is 9. The van der Waals surface area contributed by atoms with E-state index in [1.54, 1.807) is 21.7 Å². The molecule has 4 aromatic rings. The smallest absolute Gasteiger partial charge is 0.254 e. The summed E-state index contributed by atoms with van der Waals surface area (Å²) in [5.74, 6) is -1.53. The molecule has 5 rings (SSSR count). The van der Waals surface area contributed by atoms with Gasteiger partial charge in [-0.2, -0.15) is 5.10 Å². The van der Waals surface area contributed by atoms with Crippen molar-refractivity contribution >= 4 is 5.91 Å². The van der Waals surface area contributed by atoms with E-state index in [9.17, 15) is 13.6 Å². The highest BCUT2D eigenvalue weighted by atomic mass is 19.1. The van der Waals surface area contributed by atoms with Crippen LogP contribution in [0.1, 0.15) is 41.4 Å². The van der Waals surface area contributed by atoms with Crippen molar-refractivity contribution in [1.82, 2.24) is 14.7 Å². The number of nitrogens with zero attached hydrogens (tertiary/aromatic N) is 3. The van der Waals surface area contributed by atoms with Gasteiger partial charge in [0.05, 0.1) is 29.6 Å². The third kappa shape index (κ3) is 5.60. The zero-order valence-electron chi connectivity index (χ0n) is 21.1. The molecule has 1 atom stereocenters. The van der Waals surface area contributed by atoms with Crippen LogP contribution in [-0.2, 0) is 17.7 Å². The van der Waals surface area contributed by atoms with Crippen molar-refractivity contribution in [2.45, 2.75) is 38.8 Å². The molecule has 0 radical (unpaired) electrons. The van der Waals surface area contributed by atoms with Crippen LogP contribution in [0.5, 0.6) is 11.6 Å². The molecule has 0 unspecified atom stereocenters. The number of carbonyl (C=O) groups excluding carboxylic acids is 1. The summed E-state index contributed by atoms with van der Waals surface area (Å²) in [5.41, 5.74) is 2.64. The minimum atomic E-state index is -0.827. The molecule has 1 aliphatic rings. The zero-order valence-corrected chi connectivity index (χ0v) is 21.1. The zero-order chi connectivity index (χ0) is 26.5. The molecule has 1 aliphatic heterocycles. The Morgan fingerprint density at radius 3 is 2.47 bits per heavy atom. The molecule has 1 aromatic heterocycles. The van der Waals surface area contributed by atoms with E-state index in [0.29, 0.717) is 42.1 Å². The van der Waals surface area contributed by atoms with Crippen LogP contribution in [0.25, 0.3) is 5.69 Å². The van der Waals surface area contributed by atoms with Crippen molar-refractivity contribution in [3.05, 3.63) is 107 Å². The van der Waals surface area contributed by atoms with Gasteiger partial charge >= 0.3 is 0 Å². The maximum atomic E-state index is 14.7. The average Bonchev–Trinajstić information content (AvgIpc) is 3.58. The number of aromatic nitrogens is 2. The fourth-order valence-corrected chi connectivity index (χ4v) is 4.64. The minimum Gasteiger partial charge on any atom is -0.435 e. The molecule has 2 heterocycles. The van der Waals surface area contributed by atoms with Gasteiger partial charge in [0.2, 0.25) is 5.88 Å². The third-order valence-corrected chi connectivity index (χ3v) is 6.56. The van der Waals surface area contributed by atoms with Crippen LogP contribution in [0.2, 0.25) is 0 Å². The second kappa shape index (κ2) is 11.6. The first-order chi connectivity index (χ1) is 18.5. The Labute approximate surface area is 220 Å². The van der Waals surface area contributed by atoms with E-state index in [0.717, 1.165) is 25.0 Å². The predicted octanol–water partition coefficient (Wildman–Crippen LogP) is 6.33. The second-order valence-electron chi connectivity index (χ2n) is 9.19. The molecule has 6 nitrogen and oxygen atoms in total. The van der Waals surface area contributed by atoms with Gasteiger partial charge in [0.15, 0.2) is 11.6 Å². The Morgan fingerprint density at radius 2 is 1.82 bits per heavy atom. The summed E-state index contributed by atoms with van der Waals surface area (Å²) in [4.78, 5) is 15.4. The van der Waals surface area contributed by atoms with E-state index in [2.05, 4.69) is 0 Å². The summed E-state index contributed by atoms with van der Waals surface area (Å²) >= 11 is 0. The quantitative estimate of drug-likeness (QED) is 0.261. The molecule has 3 aromatic carbocycles. The van der Waals surface area contributed by atoms with Gasteiger partial charge in [-0.3, -0.25) is 4.79 Å². The third-order valence-electron chi connectivity index (χ3n) is 6.56. The standard InChI is InChI=1S/C30H29F2N3O3/c1-2-27-25(20-34(19-24-14-9-17-37-24)29(36)21-10-5-3-6-11-21)30(35(33-27)23-12-7-4-8-13-23)38-28-16-15-22(31)18-26(28)32/h3-8,10-13,15-16,18,24H,2,9,14,17,19-20H2,1H3/t24-/m1/s1. The van der Waals surface area contributed by atoms with Crippen molar-refractivity contribution in [2.75, 3.05) is 13.2 Å². The Bertz CT molecular complexity index is 1390. The van der Waals surface area contributed by atoms with Crippen LogP contribution in [-0.4, -0.2) is 39.8 Å². The molecule has 1 amide bonds. The van der Waals surface area contributed by atoms with Crippen molar-refractivity contribution in [1.29, 1.82) is 0 Å². The molecule has 0 bridgehead atoms. The molecular weight excluding hydrogens is 488 g/mol. The highest BCUT2D eigenvalue weighted by Crippen LogP contribution is 2.34. The van der Waals surface area contributed by atoms with Gasteiger partial charge in [-0.05, 0) is 55.7 Å². The Morgan fingerprint density at radius 1 is 1.08 bits per heavy atom.